The van der Waals surface area contributed by atoms with Crippen molar-refractivity contribution in [3.05, 3.63) is 58.7 Å². The molecule has 0 atom stereocenters. The number of ether oxygens (including phenoxy) is 1. The predicted octanol–water partition coefficient (Wildman–Crippen LogP) is 4.59. The second-order valence-electron chi connectivity index (χ2n) is 7.52. The number of rotatable bonds is 5. The van der Waals surface area contributed by atoms with Crippen molar-refractivity contribution in [3.8, 4) is 0 Å². The highest BCUT2D eigenvalue weighted by Gasteiger charge is 2.24. The van der Waals surface area contributed by atoms with Crippen molar-refractivity contribution < 1.29 is 18.3 Å². The number of carbonyl (C=O) groups excluding carboxylic acids is 1. The number of fused-ring (bicyclic) bond motifs is 1. The maximum absolute atomic E-state index is 14.2. The van der Waals surface area contributed by atoms with Crippen molar-refractivity contribution in [1.82, 2.24) is 9.88 Å². The molecule has 4 rings (SSSR count). The zero-order valence-electron chi connectivity index (χ0n) is 17.4. The topological polar surface area (TPSA) is 45.7 Å². The van der Waals surface area contributed by atoms with Crippen molar-refractivity contribution >= 4 is 45.0 Å². The Hall–Kier alpha value is -2.13. The molecule has 0 aliphatic carbocycles. The Bertz CT molecular complexity index is 1070. The summed E-state index contributed by atoms with van der Waals surface area (Å²) in [5.74, 6) is -1.58. The van der Waals surface area contributed by atoms with E-state index in [2.05, 4.69) is 9.88 Å². The van der Waals surface area contributed by atoms with Crippen LogP contribution in [-0.2, 0) is 4.74 Å². The number of aromatic nitrogens is 1. The van der Waals surface area contributed by atoms with Gasteiger partial charge in [0.05, 0.1) is 17.9 Å². The van der Waals surface area contributed by atoms with Gasteiger partial charge in [-0.15, -0.1) is 12.4 Å². The Morgan fingerprint density at radius 1 is 1.13 bits per heavy atom. The molecule has 166 valence electrons. The molecule has 2 heterocycles. The van der Waals surface area contributed by atoms with E-state index in [4.69, 9.17) is 4.74 Å². The van der Waals surface area contributed by atoms with Crippen LogP contribution in [0.3, 0.4) is 0 Å². The van der Waals surface area contributed by atoms with E-state index in [1.165, 1.54) is 6.07 Å². The molecule has 0 spiro atoms. The fourth-order valence-corrected chi connectivity index (χ4v) is 4.69. The van der Waals surface area contributed by atoms with Crippen molar-refractivity contribution in [2.75, 3.05) is 44.3 Å². The van der Waals surface area contributed by atoms with E-state index in [1.807, 2.05) is 32.0 Å². The second-order valence-corrected chi connectivity index (χ2v) is 8.53. The molecule has 9 heteroatoms. The van der Waals surface area contributed by atoms with Gasteiger partial charge in [0, 0.05) is 37.8 Å². The lowest BCUT2D eigenvalue weighted by molar-refractivity contribution is 0.0391. The van der Waals surface area contributed by atoms with Crippen LogP contribution >= 0.6 is 23.7 Å². The summed E-state index contributed by atoms with van der Waals surface area (Å²) in [7, 11) is 0. The van der Waals surface area contributed by atoms with Crippen molar-refractivity contribution in [3.63, 3.8) is 0 Å². The molecule has 5 nitrogen and oxygen atoms in total. The van der Waals surface area contributed by atoms with Crippen LogP contribution in [0.4, 0.5) is 13.9 Å². The quantitative estimate of drug-likeness (QED) is 0.550. The lowest BCUT2D eigenvalue weighted by Gasteiger charge is -2.29. The molecule has 0 unspecified atom stereocenters. The maximum Gasteiger partial charge on any atom is 0.260 e. The van der Waals surface area contributed by atoms with Gasteiger partial charge < -0.3 is 4.74 Å². The standard InChI is InChI=1S/C22H23F2N3O2S.ClH/c1-14-9-15(2)11-16(10-14)21(28)27(4-3-26-5-7-29-8-6-26)22-25-20-18(24)12-17(23)13-19(20)30-22;/h9-13H,3-8H2,1-2H3;1H. The molecular formula is C22H24ClF2N3O2S. The molecule has 0 N–H and O–H groups in total. The first-order valence-corrected chi connectivity index (χ1v) is 10.7. The van der Waals surface area contributed by atoms with E-state index >= 15 is 0 Å². The maximum atomic E-state index is 14.2. The number of aryl methyl sites for hydroxylation is 2. The fraction of sp³-hybridized carbons (Fsp3) is 0.364. The van der Waals surface area contributed by atoms with Crippen LogP contribution < -0.4 is 4.90 Å². The molecular weight excluding hydrogens is 444 g/mol. The molecule has 3 aromatic rings. The number of hydrogen-bond donors (Lipinski definition) is 0. The summed E-state index contributed by atoms with van der Waals surface area (Å²) < 4.78 is 33.6. The summed E-state index contributed by atoms with van der Waals surface area (Å²) in [6.07, 6.45) is 0. The Kier molecular flexibility index (Phi) is 7.59. The van der Waals surface area contributed by atoms with Gasteiger partial charge in [0.25, 0.3) is 5.91 Å². The second kappa shape index (κ2) is 9.99. The SMILES string of the molecule is Cc1cc(C)cc(C(=O)N(CCN2CCOCC2)c2nc3c(F)cc(F)cc3s2)c1.Cl. The van der Waals surface area contributed by atoms with E-state index in [-0.39, 0.29) is 23.8 Å². The Morgan fingerprint density at radius 3 is 2.48 bits per heavy atom. The van der Waals surface area contributed by atoms with Crippen molar-refractivity contribution in [2.24, 2.45) is 0 Å². The number of amides is 1. The third-order valence-electron chi connectivity index (χ3n) is 5.09. The summed E-state index contributed by atoms with van der Waals surface area (Å²) >= 11 is 1.12. The highest BCUT2D eigenvalue weighted by atomic mass is 35.5. The molecule has 1 saturated heterocycles. The summed E-state index contributed by atoms with van der Waals surface area (Å²) in [4.78, 5) is 21.6. The number of anilines is 1. The highest BCUT2D eigenvalue weighted by molar-refractivity contribution is 7.22. The average Bonchev–Trinajstić information content (AvgIpc) is 3.12. The summed E-state index contributed by atoms with van der Waals surface area (Å²) in [5, 5.41) is 0.368. The van der Waals surface area contributed by atoms with Gasteiger partial charge in [0.1, 0.15) is 11.3 Å². The van der Waals surface area contributed by atoms with Gasteiger partial charge >= 0.3 is 0 Å². The normalized spacial score (nSPS) is 14.5. The number of thiazole rings is 1. The molecule has 2 aromatic carbocycles. The number of halogens is 3. The van der Waals surface area contributed by atoms with Crippen LogP contribution in [-0.4, -0.2) is 55.2 Å². The summed E-state index contributed by atoms with van der Waals surface area (Å²) in [6, 6.07) is 7.75. The van der Waals surface area contributed by atoms with E-state index in [0.29, 0.717) is 41.7 Å². The Labute approximate surface area is 190 Å². The van der Waals surface area contributed by atoms with E-state index in [9.17, 15) is 13.6 Å². The molecule has 1 aromatic heterocycles. The molecule has 1 aliphatic rings. The lowest BCUT2D eigenvalue weighted by Crippen LogP contribution is -2.43. The van der Waals surface area contributed by atoms with Crippen LogP contribution in [0.2, 0.25) is 0 Å². The van der Waals surface area contributed by atoms with Crippen molar-refractivity contribution in [1.29, 1.82) is 0 Å². The first-order chi connectivity index (χ1) is 14.4. The monoisotopic (exact) mass is 467 g/mol. The van der Waals surface area contributed by atoms with Gasteiger partial charge in [-0.3, -0.25) is 14.6 Å². The van der Waals surface area contributed by atoms with Crippen LogP contribution in [0, 0.1) is 25.5 Å². The number of carbonyl (C=O) groups is 1. The third kappa shape index (κ3) is 5.38. The first-order valence-electron chi connectivity index (χ1n) is 9.86. The van der Waals surface area contributed by atoms with Crippen LogP contribution in [0.25, 0.3) is 10.2 Å². The van der Waals surface area contributed by atoms with Crippen LogP contribution in [0.5, 0.6) is 0 Å². The van der Waals surface area contributed by atoms with Gasteiger partial charge in [-0.05, 0) is 32.0 Å². The molecule has 31 heavy (non-hydrogen) atoms. The molecule has 1 aliphatic heterocycles. The smallest absolute Gasteiger partial charge is 0.260 e. The van der Waals surface area contributed by atoms with Gasteiger partial charge in [-0.1, -0.05) is 28.5 Å². The zero-order valence-corrected chi connectivity index (χ0v) is 19.0. The van der Waals surface area contributed by atoms with Crippen LogP contribution in [0.15, 0.2) is 30.3 Å². The summed E-state index contributed by atoms with van der Waals surface area (Å²) in [6.45, 7) is 7.85. The number of morpholine rings is 1. The predicted molar refractivity (Wildman–Crippen MR) is 122 cm³/mol. The van der Waals surface area contributed by atoms with Crippen LogP contribution in [0.1, 0.15) is 21.5 Å². The van der Waals surface area contributed by atoms with Gasteiger partial charge in [0.15, 0.2) is 10.9 Å². The largest absolute Gasteiger partial charge is 0.379 e. The minimum Gasteiger partial charge on any atom is -0.379 e. The average molecular weight is 468 g/mol. The Morgan fingerprint density at radius 2 is 1.81 bits per heavy atom. The number of benzene rings is 2. The minimum absolute atomic E-state index is 0. The summed E-state index contributed by atoms with van der Waals surface area (Å²) in [5.41, 5.74) is 2.62. The molecule has 1 amide bonds. The highest BCUT2D eigenvalue weighted by Crippen LogP contribution is 2.32. The minimum atomic E-state index is -0.723. The number of hydrogen-bond acceptors (Lipinski definition) is 5. The first kappa shape index (κ1) is 23.5. The van der Waals surface area contributed by atoms with E-state index in [0.717, 1.165) is 41.6 Å². The van der Waals surface area contributed by atoms with Gasteiger partial charge in [-0.25, -0.2) is 13.8 Å². The molecule has 0 saturated carbocycles. The van der Waals surface area contributed by atoms with Gasteiger partial charge in [-0.2, -0.15) is 0 Å². The van der Waals surface area contributed by atoms with Gasteiger partial charge in [0.2, 0.25) is 0 Å². The molecule has 0 radical (unpaired) electrons. The number of nitrogens with zero attached hydrogens (tertiary/aromatic N) is 3. The van der Waals surface area contributed by atoms with Crippen molar-refractivity contribution in [2.45, 2.75) is 13.8 Å². The lowest BCUT2D eigenvalue weighted by atomic mass is 10.1. The third-order valence-corrected chi connectivity index (χ3v) is 6.12. The van der Waals surface area contributed by atoms with E-state index in [1.54, 1.807) is 4.90 Å². The molecule has 0 bridgehead atoms. The fourth-order valence-electron chi connectivity index (χ4n) is 3.67. The zero-order chi connectivity index (χ0) is 21.3. The Balaban J connectivity index is 0.00000272. The molecule has 1 fully saturated rings. The van der Waals surface area contributed by atoms with E-state index < -0.39 is 11.6 Å².